The van der Waals surface area contributed by atoms with Crippen molar-refractivity contribution in [1.29, 1.82) is 0 Å². The molecule has 0 radical (unpaired) electrons. The zero-order valence-corrected chi connectivity index (χ0v) is 54.2. The first-order valence-corrected chi connectivity index (χ1v) is 34.7. The molecular weight excluding hydrogens is 1020 g/mol. The Morgan fingerprint density at radius 1 is 0.253 bits per heavy atom. The van der Waals surface area contributed by atoms with Crippen LogP contribution < -0.4 is 0 Å². The van der Waals surface area contributed by atoms with E-state index in [1.165, 1.54) is 141 Å². The van der Waals surface area contributed by atoms with Crippen molar-refractivity contribution in [3.63, 3.8) is 0 Å². The van der Waals surface area contributed by atoms with E-state index in [1.54, 1.807) is 0 Å². The standard InChI is InChI=1S/C77H128O6/c1-4-7-10-13-16-19-22-25-27-29-31-33-35-36-37-38-39-40-42-43-45-47-49-52-55-58-61-64-67-70-76(79)82-73-74(72-81-75(78)69-66-63-60-57-54-51-24-21-18-15-12-9-6-3)83-77(80)71-68-65-62-59-56-53-50-48-46-44-41-34-32-30-28-26-23-20-17-14-11-8-5-2/h7,9-10,12,16,18-19,21,25,27,30-33,36-37,39-40,43,45,51,54,74H,4-6,8,11,13-15,17,20,22-24,26,28-29,34-35,38,41-42,44,46-50,52-53,55-73H2,1-3H3/b10-7-,12-9-,19-16-,21-18-,27-25-,32-30-,33-31-,37-36-,40-39-,45-43-,54-51-. The van der Waals surface area contributed by atoms with Gasteiger partial charge in [-0.05, 0) is 135 Å². The van der Waals surface area contributed by atoms with E-state index in [2.05, 4.69) is 154 Å². The highest BCUT2D eigenvalue weighted by molar-refractivity contribution is 5.71. The predicted molar refractivity (Wildman–Crippen MR) is 362 cm³/mol. The second-order valence-electron chi connectivity index (χ2n) is 22.7. The number of allylic oxidation sites excluding steroid dienone is 22. The Labute approximate surface area is 513 Å². The summed E-state index contributed by atoms with van der Waals surface area (Å²) < 4.78 is 16.9. The lowest BCUT2D eigenvalue weighted by Gasteiger charge is -2.18. The average molecular weight is 1150 g/mol. The molecule has 0 heterocycles. The molecule has 0 rings (SSSR count). The van der Waals surface area contributed by atoms with Crippen molar-refractivity contribution in [2.75, 3.05) is 13.2 Å². The molecule has 0 spiro atoms. The van der Waals surface area contributed by atoms with Crippen molar-refractivity contribution >= 4 is 17.9 Å². The van der Waals surface area contributed by atoms with Gasteiger partial charge >= 0.3 is 17.9 Å². The van der Waals surface area contributed by atoms with Crippen molar-refractivity contribution in [2.45, 2.75) is 322 Å². The van der Waals surface area contributed by atoms with Gasteiger partial charge in [0, 0.05) is 19.3 Å². The molecule has 83 heavy (non-hydrogen) atoms. The van der Waals surface area contributed by atoms with Crippen molar-refractivity contribution in [2.24, 2.45) is 0 Å². The lowest BCUT2D eigenvalue weighted by Crippen LogP contribution is -2.30. The predicted octanol–water partition coefficient (Wildman–Crippen LogP) is 24.1. The van der Waals surface area contributed by atoms with E-state index in [0.717, 1.165) is 135 Å². The Morgan fingerprint density at radius 3 is 0.759 bits per heavy atom. The monoisotopic (exact) mass is 1150 g/mol. The fourth-order valence-electron chi connectivity index (χ4n) is 9.49. The van der Waals surface area contributed by atoms with Crippen LogP contribution in [0.25, 0.3) is 0 Å². The second-order valence-corrected chi connectivity index (χ2v) is 22.7. The van der Waals surface area contributed by atoms with Crippen LogP contribution in [0.1, 0.15) is 316 Å². The Hall–Kier alpha value is -4.45. The normalized spacial score (nSPS) is 13.0. The molecule has 0 fully saturated rings. The van der Waals surface area contributed by atoms with Crippen LogP contribution in [0.2, 0.25) is 0 Å². The smallest absolute Gasteiger partial charge is 0.306 e. The van der Waals surface area contributed by atoms with Gasteiger partial charge in [-0.15, -0.1) is 0 Å². The van der Waals surface area contributed by atoms with Gasteiger partial charge in [0.1, 0.15) is 13.2 Å². The van der Waals surface area contributed by atoms with E-state index in [9.17, 15) is 14.4 Å². The summed E-state index contributed by atoms with van der Waals surface area (Å²) in [7, 11) is 0. The van der Waals surface area contributed by atoms with Crippen molar-refractivity contribution in [1.82, 2.24) is 0 Å². The molecular formula is C77H128O6. The minimum absolute atomic E-state index is 0.0961. The van der Waals surface area contributed by atoms with E-state index >= 15 is 0 Å². The summed E-state index contributed by atoms with van der Waals surface area (Å²) in [4.78, 5) is 38.4. The molecule has 0 amide bonds. The van der Waals surface area contributed by atoms with Crippen LogP contribution in [0.3, 0.4) is 0 Å². The van der Waals surface area contributed by atoms with E-state index in [4.69, 9.17) is 14.2 Å². The number of unbranched alkanes of at least 4 members (excludes halogenated alkanes) is 29. The molecule has 0 saturated heterocycles. The number of esters is 3. The first-order valence-electron chi connectivity index (χ1n) is 34.7. The Kier molecular flexibility index (Phi) is 66.3. The maximum Gasteiger partial charge on any atom is 0.306 e. The summed E-state index contributed by atoms with van der Waals surface area (Å²) in [6.45, 7) is 6.40. The number of ether oxygens (including phenoxy) is 3. The third-order valence-corrected chi connectivity index (χ3v) is 14.6. The fourth-order valence-corrected chi connectivity index (χ4v) is 9.49. The molecule has 0 saturated carbocycles. The minimum Gasteiger partial charge on any atom is -0.462 e. The van der Waals surface area contributed by atoms with Crippen LogP contribution >= 0.6 is 0 Å². The lowest BCUT2D eigenvalue weighted by molar-refractivity contribution is -0.167. The number of rotatable bonds is 62. The average Bonchev–Trinajstić information content (AvgIpc) is 3.49. The summed E-state index contributed by atoms with van der Waals surface area (Å²) >= 11 is 0. The molecule has 0 aliphatic carbocycles. The zero-order valence-electron chi connectivity index (χ0n) is 54.2. The van der Waals surface area contributed by atoms with Crippen LogP contribution in [-0.4, -0.2) is 37.2 Å². The van der Waals surface area contributed by atoms with Crippen molar-refractivity contribution in [3.8, 4) is 0 Å². The van der Waals surface area contributed by atoms with Gasteiger partial charge < -0.3 is 14.2 Å². The fraction of sp³-hybridized carbons (Fsp3) is 0.675. The summed E-state index contributed by atoms with van der Waals surface area (Å²) in [5, 5.41) is 0. The molecule has 0 aromatic rings. The Balaban J connectivity index is 4.35. The van der Waals surface area contributed by atoms with Gasteiger partial charge in [-0.3, -0.25) is 14.4 Å². The van der Waals surface area contributed by atoms with Gasteiger partial charge in [0.15, 0.2) is 6.10 Å². The van der Waals surface area contributed by atoms with Gasteiger partial charge in [0.2, 0.25) is 0 Å². The Bertz CT molecular complexity index is 1750. The lowest BCUT2D eigenvalue weighted by atomic mass is 10.0. The number of hydrogen-bond acceptors (Lipinski definition) is 6. The van der Waals surface area contributed by atoms with Crippen LogP contribution in [0.5, 0.6) is 0 Å². The quantitative estimate of drug-likeness (QED) is 0.0261. The summed E-state index contributed by atoms with van der Waals surface area (Å²) in [6, 6.07) is 0. The first kappa shape index (κ1) is 78.5. The summed E-state index contributed by atoms with van der Waals surface area (Å²) in [5.74, 6) is -0.930. The molecule has 0 aliphatic rings. The van der Waals surface area contributed by atoms with Crippen LogP contribution in [0, 0.1) is 0 Å². The molecule has 6 nitrogen and oxygen atoms in total. The molecule has 0 aromatic carbocycles. The molecule has 0 N–H and O–H groups in total. The number of carbonyl (C=O) groups is 3. The molecule has 0 aromatic heterocycles. The van der Waals surface area contributed by atoms with E-state index in [1.807, 2.05) is 0 Å². The third-order valence-electron chi connectivity index (χ3n) is 14.6. The van der Waals surface area contributed by atoms with Gasteiger partial charge in [-0.2, -0.15) is 0 Å². The summed E-state index contributed by atoms with van der Waals surface area (Å²) in [6.07, 6.45) is 99.0. The summed E-state index contributed by atoms with van der Waals surface area (Å²) in [5.41, 5.74) is 0. The maximum absolute atomic E-state index is 12.9. The van der Waals surface area contributed by atoms with Gasteiger partial charge in [-0.25, -0.2) is 0 Å². The highest BCUT2D eigenvalue weighted by atomic mass is 16.6. The third kappa shape index (κ3) is 68.2. The van der Waals surface area contributed by atoms with Crippen LogP contribution in [-0.2, 0) is 28.6 Å². The molecule has 1 atom stereocenters. The van der Waals surface area contributed by atoms with Crippen LogP contribution in [0.4, 0.5) is 0 Å². The minimum atomic E-state index is -0.801. The zero-order chi connectivity index (χ0) is 59.9. The highest BCUT2D eigenvalue weighted by Crippen LogP contribution is 2.16. The van der Waals surface area contributed by atoms with E-state index < -0.39 is 6.10 Å². The van der Waals surface area contributed by atoms with Crippen LogP contribution in [0.15, 0.2) is 134 Å². The van der Waals surface area contributed by atoms with Crippen molar-refractivity contribution in [3.05, 3.63) is 134 Å². The highest BCUT2D eigenvalue weighted by Gasteiger charge is 2.19. The molecule has 0 aliphatic heterocycles. The molecule has 472 valence electrons. The van der Waals surface area contributed by atoms with Crippen molar-refractivity contribution < 1.29 is 28.6 Å². The maximum atomic E-state index is 12.9. The van der Waals surface area contributed by atoms with Gasteiger partial charge in [0.05, 0.1) is 0 Å². The van der Waals surface area contributed by atoms with Gasteiger partial charge in [0.25, 0.3) is 0 Å². The Morgan fingerprint density at radius 2 is 0.470 bits per heavy atom. The topological polar surface area (TPSA) is 78.9 Å². The second kappa shape index (κ2) is 70.0. The largest absolute Gasteiger partial charge is 0.462 e. The molecule has 6 heteroatoms. The number of carbonyl (C=O) groups excluding carboxylic acids is 3. The van der Waals surface area contributed by atoms with Gasteiger partial charge in [-0.1, -0.05) is 296 Å². The van der Waals surface area contributed by atoms with E-state index in [-0.39, 0.29) is 31.1 Å². The number of hydrogen-bond donors (Lipinski definition) is 0. The van der Waals surface area contributed by atoms with E-state index in [0.29, 0.717) is 19.3 Å². The molecule has 0 bridgehead atoms. The SMILES string of the molecule is CC/C=C\C/C=C\C/C=C\C/C=C\C/C=C\C/C=C\C/C=C\CCCCCCCCCC(=O)OCC(COC(=O)CCCCC/C=C\C/C=C\C/C=C\CC)OC(=O)CCCCCCCCCCCCC/C=C\CCCCCCCCCC. The molecule has 1 unspecified atom stereocenters. The first-order chi connectivity index (χ1) is 41.0.